The SMILES string of the molecule is C\C=C/C=C(\C=C/C)c1n[nH]c(CCCN(CCC)C(=O)CO)c1-c1ccnnn1. The van der Waals surface area contributed by atoms with Crippen molar-refractivity contribution in [2.75, 3.05) is 19.7 Å². The molecule has 2 aromatic rings. The Kier molecular flexibility index (Phi) is 9.60. The second-order valence-corrected chi connectivity index (χ2v) is 6.72. The summed E-state index contributed by atoms with van der Waals surface area (Å²) in [4.78, 5) is 13.6. The number of carbonyl (C=O) groups excluding carboxylic acids is 1. The number of nitrogens with zero attached hydrogens (tertiary/aromatic N) is 5. The van der Waals surface area contributed by atoms with Gasteiger partial charge in [0, 0.05) is 24.4 Å². The molecule has 0 radical (unpaired) electrons. The maximum Gasteiger partial charge on any atom is 0.248 e. The summed E-state index contributed by atoms with van der Waals surface area (Å²) in [6.07, 6.45) is 13.8. The van der Waals surface area contributed by atoms with Gasteiger partial charge in [-0.3, -0.25) is 9.89 Å². The van der Waals surface area contributed by atoms with E-state index >= 15 is 0 Å². The predicted octanol–water partition coefficient (Wildman–Crippen LogP) is 2.96. The molecule has 0 bridgehead atoms. The number of aromatic nitrogens is 5. The number of H-pyrrole nitrogens is 1. The van der Waals surface area contributed by atoms with Gasteiger partial charge in [0.25, 0.3) is 0 Å². The van der Waals surface area contributed by atoms with Crippen molar-refractivity contribution in [3.8, 4) is 11.3 Å². The van der Waals surface area contributed by atoms with Gasteiger partial charge in [-0.25, -0.2) is 0 Å². The largest absolute Gasteiger partial charge is 0.387 e. The van der Waals surface area contributed by atoms with Gasteiger partial charge in [-0.2, -0.15) is 5.10 Å². The predicted molar refractivity (Wildman–Crippen MR) is 117 cm³/mol. The summed E-state index contributed by atoms with van der Waals surface area (Å²) in [5, 5.41) is 28.6. The zero-order chi connectivity index (χ0) is 21.8. The lowest BCUT2D eigenvalue weighted by Crippen LogP contribution is -2.35. The van der Waals surface area contributed by atoms with Gasteiger partial charge >= 0.3 is 0 Å². The number of aliphatic hydroxyl groups excluding tert-OH is 1. The van der Waals surface area contributed by atoms with Gasteiger partial charge in [0.05, 0.1) is 11.8 Å². The van der Waals surface area contributed by atoms with Crippen LogP contribution in [-0.2, 0) is 11.2 Å². The Bertz CT molecular complexity index is 886. The van der Waals surface area contributed by atoms with Crippen LogP contribution in [0.2, 0.25) is 0 Å². The van der Waals surface area contributed by atoms with Crippen LogP contribution in [0.4, 0.5) is 0 Å². The average Bonchev–Trinajstić information content (AvgIpc) is 3.19. The van der Waals surface area contributed by atoms with Crippen LogP contribution >= 0.6 is 0 Å². The Morgan fingerprint density at radius 1 is 1.27 bits per heavy atom. The summed E-state index contributed by atoms with van der Waals surface area (Å²) in [7, 11) is 0. The van der Waals surface area contributed by atoms with Crippen molar-refractivity contribution in [1.29, 1.82) is 0 Å². The van der Waals surface area contributed by atoms with Crippen LogP contribution in [0.5, 0.6) is 0 Å². The first kappa shape index (κ1) is 23.2. The minimum atomic E-state index is -0.464. The molecule has 2 aromatic heterocycles. The molecule has 0 aliphatic rings. The van der Waals surface area contributed by atoms with Gasteiger partial charge in [0.2, 0.25) is 5.91 Å². The lowest BCUT2D eigenvalue weighted by atomic mass is 10.00. The molecule has 8 nitrogen and oxygen atoms in total. The number of hydrogen-bond donors (Lipinski definition) is 2. The molecule has 2 rings (SSSR count). The molecule has 0 fully saturated rings. The Morgan fingerprint density at radius 2 is 2.10 bits per heavy atom. The normalized spacial score (nSPS) is 12.2. The van der Waals surface area contributed by atoms with Crippen molar-refractivity contribution in [2.24, 2.45) is 0 Å². The van der Waals surface area contributed by atoms with Crippen LogP contribution in [0.15, 0.2) is 42.6 Å². The Hall–Kier alpha value is -3.13. The first-order valence-electron chi connectivity index (χ1n) is 10.2. The van der Waals surface area contributed by atoms with E-state index in [0.717, 1.165) is 35.4 Å². The number of aliphatic hydroxyl groups is 1. The van der Waals surface area contributed by atoms with Crippen LogP contribution in [0, 0.1) is 0 Å². The number of aromatic amines is 1. The number of rotatable bonds is 11. The first-order valence-corrected chi connectivity index (χ1v) is 10.2. The molecule has 0 unspecified atom stereocenters. The molecular formula is C22H30N6O2. The summed E-state index contributed by atoms with van der Waals surface area (Å²) in [6, 6.07) is 1.81. The molecule has 30 heavy (non-hydrogen) atoms. The van der Waals surface area contributed by atoms with Crippen LogP contribution in [-0.4, -0.2) is 61.2 Å². The monoisotopic (exact) mass is 410 g/mol. The highest BCUT2D eigenvalue weighted by Gasteiger charge is 2.19. The molecular weight excluding hydrogens is 380 g/mol. The van der Waals surface area contributed by atoms with Crippen molar-refractivity contribution in [1.82, 2.24) is 30.5 Å². The molecule has 1 amide bonds. The molecule has 0 aliphatic heterocycles. The lowest BCUT2D eigenvalue weighted by Gasteiger charge is -2.21. The summed E-state index contributed by atoms with van der Waals surface area (Å²) < 4.78 is 0. The molecule has 8 heteroatoms. The van der Waals surface area contributed by atoms with E-state index in [0.29, 0.717) is 25.2 Å². The molecule has 0 saturated heterocycles. The second kappa shape index (κ2) is 12.4. The van der Waals surface area contributed by atoms with E-state index in [1.54, 1.807) is 11.1 Å². The molecule has 0 aliphatic carbocycles. The van der Waals surface area contributed by atoms with E-state index in [4.69, 9.17) is 0 Å². The van der Waals surface area contributed by atoms with Crippen LogP contribution in [0.3, 0.4) is 0 Å². The van der Waals surface area contributed by atoms with Crippen molar-refractivity contribution in [3.63, 3.8) is 0 Å². The minimum absolute atomic E-state index is 0.243. The number of aryl methyl sites for hydroxylation is 1. The Morgan fingerprint density at radius 3 is 2.73 bits per heavy atom. The number of allylic oxidation sites excluding steroid dienone is 6. The van der Waals surface area contributed by atoms with Gasteiger partial charge in [0.15, 0.2) is 0 Å². The van der Waals surface area contributed by atoms with E-state index < -0.39 is 6.61 Å². The fraction of sp³-hybridized carbons (Fsp3) is 0.409. The zero-order valence-corrected chi connectivity index (χ0v) is 17.9. The lowest BCUT2D eigenvalue weighted by molar-refractivity contribution is -0.134. The summed E-state index contributed by atoms with van der Waals surface area (Å²) in [6.45, 7) is 6.68. The van der Waals surface area contributed by atoms with E-state index in [1.165, 1.54) is 0 Å². The van der Waals surface area contributed by atoms with Gasteiger partial charge < -0.3 is 10.0 Å². The van der Waals surface area contributed by atoms with Crippen molar-refractivity contribution in [2.45, 2.75) is 40.0 Å². The quantitative estimate of drug-likeness (QED) is 0.552. The van der Waals surface area contributed by atoms with E-state index in [9.17, 15) is 9.90 Å². The third-order valence-corrected chi connectivity index (χ3v) is 4.52. The van der Waals surface area contributed by atoms with E-state index in [-0.39, 0.29) is 5.91 Å². The second-order valence-electron chi connectivity index (χ2n) is 6.72. The van der Waals surface area contributed by atoms with Gasteiger partial charge in [0.1, 0.15) is 18.0 Å². The topological polar surface area (TPSA) is 108 Å². The smallest absolute Gasteiger partial charge is 0.248 e. The number of nitrogens with one attached hydrogen (secondary N) is 1. The van der Waals surface area contributed by atoms with Crippen LogP contribution in [0.1, 0.15) is 45.0 Å². The summed E-state index contributed by atoms with van der Waals surface area (Å²) in [5.74, 6) is -0.243. The molecule has 2 heterocycles. The van der Waals surface area contributed by atoms with Gasteiger partial charge in [-0.15, -0.1) is 10.2 Å². The third kappa shape index (κ3) is 6.18. The molecule has 160 valence electrons. The Balaban J connectivity index is 2.34. The molecule has 0 spiro atoms. The van der Waals surface area contributed by atoms with Crippen molar-refractivity contribution in [3.05, 3.63) is 54.0 Å². The van der Waals surface area contributed by atoms with E-state index in [2.05, 4.69) is 25.6 Å². The minimum Gasteiger partial charge on any atom is -0.387 e. The van der Waals surface area contributed by atoms with Crippen molar-refractivity contribution < 1.29 is 9.90 Å². The molecule has 0 aromatic carbocycles. The number of hydrogen-bond acceptors (Lipinski definition) is 6. The van der Waals surface area contributed by atoms with Crippen LogP contribution < -0.4 is 0 Å². The first-order chi connectivity index (χ1) is 14.7. The van der Waals surface area contributed by atoms with Crippen LogP contribution in [0.25, 0.3) is 16.8 Å². The summed E-state index contributed by atoms with van der Waals surface area (Å²) in [5.41, 5.74) is 4.24. The van der Waals surface area contributed by atoms with E-state index in [1.807, 2.05) is 57.2 Å². The average molecular weight is 411 g/mol. The van der Waals surface area contributed by atoms with Crippen molar-refractivity contribution >= 4 is 11.5 Å². The summed E-state index contributed by atoms with van der Waals surface area (Å²) >= 11 is 0. The fourth-order valence-corrected chi connectivity index (χ4v) is 3.19. The fourth-order valence-electron chi connectivity index (χ4n) is 3.19. The number of amides is 1. The highest BCUT2D eigenvalue weighted by atomic mass is 16.3. The zero-order valence-electron chi connectivity index (χ0n) is 17.9. The highest BCUT2D eigenvalue weighted by Crippen LogP contribution is 2.30. The Labute approximate surface area is 177 Å². The molecule has 2 N–H and O–H groups in total. The molecule has 0 atom stereocenters. The molecule has 0 saturated carbocycles. The maximum absolute atomic E-state index is 11.9. The number of carbonyl (C=O) groups is 1. The van der Waals surface area contributed by atoms with Gasteiger partial charge in [-0.1, -0.05) is 37.3 Å². The maximum atomic E-state index is 11.9. The highest BCUT2D eigenvalue weighted by molar-refractivity contribution is 5.84. The third-order valence-electron chi connectivity index (χ3n) is 4.52. The standard InChI is InChI=1S/C22H30N6O2/c1-4-7-10-17(9-5-2)22-21(19-12-13-23-27-25-19)18(24-26-22)11-8-15-28(14-6-3)20(30)16-29/h4-5,7,9-10,12-13,29H,6,8,11,14-16H2,1-3H3,(H,24,26)/b7-4-,9-5-,17-10+. The van der Waals surface area contributed by atoms with Gasteiger partial charge in [-0.05, 0) is 44.4 Å².